The van der Waals surface area contributed by atoms with Crippen LogP contribution in [0.25, 0.3) is 0 Å². The number of phenols is 1. The Balaban J connectivity index is 2.08. The van der Waals surface area contributed by atoms with Gasteiger partial charge in [0.25, 0.3) is 0 Å². The van der Waals surface area contributed by atoms with Gasteiger partial charge in [0.05, 0.1) is 13.0 Å². The summed E-state index contributed by atoms with van der Waals surface area (Å²) >= 11 is 0. The molecule has 0 radical (unpaired) electrons. The molecule has 118 valence electrons. The van der Waals surface area contributed by atoms with E-state index in [-0.39, 0.29) is 24.0 Å². The van der Waals surface area contributed by atoms with E-state index in [0.717, 1.165) is 5.56 Å². The summed E-state index contributed by atoms with van der Waals surface area (Å²) < 4.78 is 4.82. The van der Waals surface area contributed by atoms with Gasteiger partial charge in [-0.3, -0.25) is 4.79 Å². The summed E-state index contributed by atoms with van der Waals surface area (Å²) in [5.41, 5.74) is 1.06. The van der Waals surface area contributed by atoms with Crippen molar-refractivity contribution in [3.63, 3.8) is 0 Å². The van der Waals surface area contributed by atoms with E-state index in [1.807, 2.05) is 6.07 Å². The summed E-state index contributed by atoms with van der Waals surface area (Å²) in [4.78, 5) is 19.9. The summed E-state index contributed by atoms with van der Waals surface area (Å²) in [6.07, 6.45) is 3.33. The van der Waals surface area contributed by atoms with Crippen molar-refractivity contribution in [3.8, 4) is 11.8 Å². The highest BCUT2D eigenvalue weighted by molar-refractivity contribution is 5.73. The minimum atomic E-state index is -0.460. The van der Waals surface area contributed by atoms with Gasteiger partial charge in [-0.2, -0.15) is 5.26 Å². The van der Waals surface area contributed by atoms with Crippen molar-refractivity contribution in [1.29, 1.82) is 5.26 Å². The first-order chi connectivity index (χ1) is 11.1. The molecule has 7 nitrogen and oxygen atoms in total. The fraction of sp³-hybridized carbons (Fsp3) is 0.250. The number of nitrogens with one attached hydrogen (secondary N) is 1. The Bertz CT molecular complexity index is 710. The van der Waals surface area contributed by atoms with Crippen molar-refractivity contribution in [2.45, 2.75) is 6.42 Å². The maximum atomic E-state index is 11.9. The zero-order chi connectivity index (χ0) is 16.7. The minimum absolute atomic E-state index is 0.166. The van der Waals surface area contributed by atoms with Crippen LogP contribution in [0.2, 0.25) is 0 Å². The van der Waals surface area contributed by atoms with Gasteiger partial charge in [0.2, 0.25) is 0 Å². The van der Waals surface area contributed by atoms with Gasteiger partial charge in [0.1, 0.15) is 11.8 Å². The number of hydrogen-bond acceptors (Lipinski definition) is 7. The maximum absolute atomic E-state index is 11.9. The lowest BCUT2D eigenvalue weighted by molar-refractivity contribution is -0.144. The van der Waals surface area contributed by atoms with Crippen LogP contribution in [0.15, 0.2) is 36.7 Å². The standard InChI is InChI=1S/C16H16N4O3/c1-23-16(22)12(8-11-2-4-13(21)5-3-11)10-20-15-14(9-17)18-6-7-19-15/h2-7,12,21H,8,10H2,1H3,(H,19,20)/t12-/m0/s1. The first-order valence-electron chi connectivity index (χ1n) is 6.94. The molecule has 2 N–H and O–H groups in total. The molecule has 0 spiro atoms. The summed E-state index contributed by atoms with van der Waals surface area (Å²) in [6.45, 7) is 0.251. The fourth-order valence-corrected chi connectivity index (χ4v) is 2.09. The van der Waals surface area contributed by atoms with Crippen LogP contribution >= 0.6 is 0 Å². The van der Waals surface area contributed by atoms with E-state index in [1.54, 1.807) is 24.3 Å². The monoisotopic (exact) mass is 312 g/mol. The van der Waals surface area contributed by atoms with Gasteiger partial charge >= 0.3 is 5.97 Å². The highest BCUT2D eigenvalue weighted by atomic mass is 16.5. The third-order valence-corrected chi connectivity index (χ3v) is 3.27. The van der Waals surface area contributed by atoms with Gasteiger partial charge in [-0.15, -0.1) is 0 Å². The molecule has 0 unspecified atom stereocenters. The van der Waals surface area contributed by atoms with E-state index >= 15 is 0 Å². The van der Waals surface area contributed by atoms with Gasteiger partial charge in [-0.1, -0.05) is 12.1 Å². The summed E-state index contributed by atoms with van der Waals surface area (Å²) in [7, 11) is 1.33. The van der Waals surface area contributed by atoms with Gasteiger partial charge < -0.3 is 15.2 Å². The van der Waals surface area contributed by atoms with Gasteiger partial charge in [0, 0.05) is 18.9 Å². The van der Waals surface area contributed by atoms with E-state index in [1.165, 1.54) is 19.5 Å². The Kier molecular flexibility index (Phi) is 5.47. The molecule has 0 saturated carbocycles. The zero-order valence-electron chi connectivity index (χ0n) is 12.6. The average molecular weight is 312 g/mol. The second-order valence-corrected chi connectivity index (χ2v) is 4.84. The van der Waals surface area contributed by atoms with Crippen molar-refractivity contribution in [3.05, 3.63) is 47.9 Å². The molecule has 2 aromatic rings. The van der Waals surface area contributed by atoms with E-state index in [4.69, 9.17) is 10.00 Å². The van der Waals surface area contributed by atoms with Crippen LogP contribution in [0.5, 0.6) is 5.75 Å². The number of aromatic hydroxyl groups is 1. The van der Waals surface area contributed by atoms with Crippen LogP contribution in [0.4, 0.5) is 5.82 Å². The largest absolute Gasteiger partial charge is 0.508 e. The van der Waals surface area contributed by atoms with E-state index in [9.17, 15) is 9.90 Å². The van der Waals surface area contributed by atoms with Crippen LogP contribution in [0, 0.1) is 17.2 Å². The molecule has 2 rings (SSSR count). The maximum Gasteiger partial charge on any atom is 0.310 e. The molecule has 0 fully saturated rings. The number of carbonyl (C=O) groups is 1. The van der Waals surface area contributed by atoms with Crippen molar-refractivity contribution in [1.82, 2.24) is 9.97 Å². The topological polar surface area (TPSA) is 108 Å². The molecule has 0 aliphatic carbocycles. The van der Waals surface area contributed by atoms with Crippen LogP contribution in [0.1, 0.15) is 11.3 Å². The third kappa shape index (κ3) is 4.41. The second kappa shape index (κ2) is 7.75. The van der Waals surface area contributed by atoms with Crippen molar-refractivity contribution in [2.24, 2.45) is 5.92 Å². The van der Waals surface area contributed by atoms with E-state index < -0.39 is 5.92 Å². The third-order valence-electron chi connectivity index (χ3n) is 3.27. The van der Waals surface area contributed by atoms with Gasteiger partial charge in [-0.25, -0.2) is 9.97 Å². The molecule has 23 heavy (non-hydrogen) atoms. The van der Waals surface area contributed by atoms with Gasteiger partial charge in [-0.05, 0) is 24.1 Å². The molecule has 1 heterocycles. The number of nitrogens with zero attached hydrogens (tertiary/aromatic N) is 3. The van der Waals surface area contributed by atoms with E-state index in [2.05, 4.69) is 15.3 Å². The Labute approximate surface area is 133 Å². The average Bonchev–Trinajstić information content (AvgIpc) is 2.59. The molecule has 0 aliphatic rings. The Morgan fingerprint density at radius 2 is 2.04 bits per heavy atom. The fourth-order valence-electron chi connectivity index (χ4n) is 2.09. The van der Waals surface area contributed by atoms with Crippen LogP contribution in [0.3, 0.4) is 0 Å². The van der Waals surface area contributed by atoms with E-state index in [0.29, 0.717) is 12.2 Å². The van der Waals surface area contributed by atoms with Crippen LogP contribution in [-0.2, 0) is 16.0 Å². The predicted molar refractivity (Wildman–Crippen MR) is 82.6 cm³/mol. The number of carbonyl (C=O) groups excluding carboxylic acids is 1. The van der Waals surface area contributed by atoms with Crippen molar-refractivity contribution in [2.75, 3.05) is 19.0 Å². The SMILES string of the molecule is COC(=O)[C@H](CNc1nccnc1C#N)Cc1ccc(O)cc1. The molecule has 1 atom stereocenters. The molecular weight excluding hydrogens is 296 g/mol. The number of rotatable bonds is 6. The summed E-state index contributed by atoms with van der Waals surface area (Å²) in [5, 5.41) is 21.3. The van der Waals surface area contributed by atoms with Crippen LogP contribution < -0.4 is 5.32 Å². The lowest BCUT2D eigenvalue weighted by Crippen LogP contribution is -2.27. The number of phenolic OH excluding ortho intramolecular Hbond substituents is 1. The molecular formula is C16H16N4O3. The molecule has 1 aromatic heterocycles. The number of anilines is 1. The Morgan fingerprint density at radius 3 is 2.70 bits per heavy atom. The minimum Gasteiger partial charge on any atom is -0.508 e. The Morgan fingerprint density at radius 1 is 1.35 bits per heavy atom. The molecule has 7 heteroatoms. The molecule has 0 amide bonds. The smallest absolute Gasteiger partial charge is 0.310 e. The Hall–Kier alpha value is -3.14. The van der Waals surface area contributed by atoms with Crippen LogP contribution in [-0.4, -0.2) is 34.7 Å². The predicted octanol–water partition coefficient (Wildman–Crippen LogP) is 1.50. The highest BCUT2D eigenvalue weighted by Gasteiger charge is 2.20. The van der Waals surface area contributed by atoms with Gasteiger partial charge in [0.15, 0.2) is 11.5 Å². The quantitative estimate of drug-likeness (QED) is 0.778. The second-order valence-electron chi connectivity index (χ2n) is 4.84. The number of esters is 1. The number of aromatic nitrogens is 2. The lowest BCUT2D eigenvalue weighted by atomic mass is 9.99. The number of methoxy groups -OCH3 is 1. The summed E-state index contributed by atoms with van der Waals surface area (Å²) in [6, 6.07) is 8.55. The lowest BCUT2D eigenvalue weighted by Gasteiger charge is -2.16. The van der Waals surface area contributed by atoms with Crippen molar-refractivity contribution < 1.29 is 14.6 Å². The van der Waals surface area contributed by atoms with Crippen molar-refractivity contribution >= 4 is 11.8 Å². The first-order valence-corrected chi connectivity index (χ1v) is 6.94. The highest BCUT2D eigenvalue weighted by Crippen LogP contribution is 2.16. The number of hydrogen-bond donors (Lipinski definition) is 2. The summed E-state index contributed by atoms with van der Waals surface area (Å²) in [5.74, 6) is -0.333. The first kappa shape index (κ1) is 16.2. The normalized spacial score (nSPS) is 11.3. The zero-order valence-corrected chi connectivity index (χ0v) is 12.6. The molecule has 0 saturated heterocycles. The number of ether oxygens (including phenoxy) is 1. The molecule has 0 aliphatic heterocycles. The molecule has 0 bridgehead atoms. The number of benzene rings is 1. The molecule has 1 aromatic carbocycles. The number of nitriles is 1.